The number of hydrogen-bond acceptors (Lipinski definition) is 4. The quantitative estimate of drug-likeness (QED) is 0.870. The Balaban J connectivity index is 2.02. The molecule has 1 atom stereocenters. The average Bonchev–Trinajstić information content (AvgIpc) is 3.03. The molecule has 6 heteroatoms. The Hall–Kier alpha value is -2.50. The van der Waals surface area contributed by atoms with E-state index in [1.807, 2.05) is 31.2 Å². The summed E-state index contributed by atoms with van der Waals surface area (Å²) in [5.74, 6) is -0.302. The number of methoxy groups -OCH3 is 1. The van der Waals surface area contributed by atoms with Crippen molar-refractivity contribution in [2.75, 3.05) is 20.3 Å². The molecule has 1 aromatic carbocycles. The number of hydrogen-bond donors (Lipinski definition) is 1. The minimum Gasteiger partial charge on any atom is -0.493 e. The molecule has 6 nitrogen and oxygen atoms in total. The van der Waals surface area contributed by atoms with E-state index in [1.165, 1.54) is 12.0 Å². The third kappa shape index (κ3) is 4.03. The van der Waals surface area contributed by atoms with Crippen molar-refractivity contribution in [3.05, 3.63) is 29.8 Å². The van der Waals surface area contributed by atoms with Gasteiger partial charge in [-0.05, 0) is 37.5 Å². The standard InChI is InChI=1S/C17H21NO5/c1-3-5-12-7-8-14(15(10-12)22-2)23-11-16(19)18-9-4-6-13(18)17(20)21/h3,5,7-8,10,13H,4,6,9,11H2,1-2H3,(H,20,21)/b5-3+/t13-/m1/s1. The van der Waals surface area contributed by atoms with Gasteiger partial charge in [-0.15, -0.1) is 0 Å². The number of carbonyl (C=O) groups is 2. The van der Waals surface area contributed by atoms with Crippen LogP contribution in [0, 0.1) is 0 Å². The predicted octanol–water partition coefficient (Wildman–Crippen LogP) is 2.18. The highest BCUT2D eigenvalue weighted by Crippen LogP contribution is 2.29. The van der Waals surface area contributed by atoms with Gasteiger partial charge in [0.15, 0.2) is 18.1 Å². The normalized spacial score (nSPS) is 17.5. The molecule has 0 aromatic heterocycles. The van der Waals surface area contributed by atoms with Gasteiger partial charge in [0.25, 0.3) is 5.91 Å². The zero-order chi connectivity index (χ0) is 16.8. The van der Waals surface area contributed by atoms with Crippen molar-refractivity contribution in [2.45, 2.75) is 25.8 Å². The largest absolute Gasteiger partial charge is 0.493 e. The number of allylic oxidation sites excluding steroid dienone is 1. The van der Waals surface area contributed by atoms with Gasteiger partial charge in [-0.3, -0.25) is 4.79 Å². The van der Waals surface area contributed by atoms with Gasteiger partial charge in [0.2, 0.25) is 0 Å². The van der Waals surface area contributed by atoms with E-state index in [0.717, 1.165) is 5.56 Å². The van der Waals surface area contributed by atoms with Crippen LogP contribution in [0.4, 0.5) is 0 Å². The molecule has 0 radical (unpaired) electrons. The monoisotopic (exact) mass is 319 g/mol. The van der Waals surface area contributed by atoms with Crippen molar-refractivity contribution in [1.29, 1.82) is 0 Å². The van der Waals surface area contributed by atoms with Crippen LogP contribution in [-0.2, 0) is 9.59 Å². The SMILES string of the molecule is C/C=C/c1ccc(OCC(=O)N2CCC[C@@H]2C(=O)O)c(OC)c1. The number of benzene rings is 1. The lowest BCUT2D eigenvalue weighted by molar-refractivity contribution is -0.149. The van der Waals surface area contributed by atoms with Crippen LogP contribution in [-0.4, -0.2) is 48.2 Å². The Morgan fingerprint density at radius 3 is 2.83 bits per heavy atom. The first kappa shape index (κ1) is 16.9. The van der Waals surface area contributed by atoms with Crippen LogP contribution in [0.15, 0.2) is 24.3 Å². The Labute approximate surface area is 135 Å². The van der Waals surface area contributed by atoms with Gasteiger partial charge in [-0.1, -0.05) is 18.2 Å². The second kappa shape index (κ2) is 7.67. The van der Waals surface area contributed by atoms with Gasteiger partial charge in [0.05, 0.1) is 7.11 Å². The van der Waals surface area contributed by atoms with E-state index in [-0.39, 0.29) is 12.5 Å². The number of nitrogens with zero attached hydrogens (tertiary/aromatic N) is 1. The second-order valence-corrected chi connectivity index (χ2v) is 5.28. The molecule has 1 aromatic rings. The second-order valence-electron chi connectivity index (χ2n) is 5.28. The van der Waals surface area contributed by atoms with E-state index in [4.69, 9.17) is 14.6 Å². The van der Waals surface area contributed by atoms with Gasteiger partial charge in [0.1, 0.15) is 6.04 Å². The number of carbonyl (C=O) groups excluding carboxylic acids is 1. The third-order valence-electron chi connectivity index (χ3n) is 3.76. The summed E-state index contributed by atoms with van der Waals surface area (Å²) in [6, 6.07) is 4.67. The molecule has 0 unspecified atom stereocenters. The van der Waals surface area contributed by atoms with Crippen LogP contribution < -0.4 is 9.47 Å². The molecule has 1 amide bonds. The maximum absolute atomic E-state index is 12.2. The van der Waals surface area contributed by atoms with Crippen LogP contribution in [0.5, 0.6) is 11.5 Å². The Morgan fingerprint density at radius 1 is 1.39 bits per heavy atom. The zero-order valence-corrected chi connectivity index (χ0v) is 13.3. The predicted molar refractivity (Wildman–Crippen MR) is 85.6 cm³/mol. The lowest BCUT2D eigenvalue weighted by Gasteiger charge is -2.21. The van der Waals surface area contributed by atoms with Crippen LogP contribution in [0.2, 0.25) is 0 Å². The molecule has 0 bridgehead atoms. The van der Waals surface area contributed by atoms with Crippen LogP contribution in [0.25, 0.3) is 6.08 Å². The minimum absolute atomic E-state index is 0.205. The Morgan fingerprint density at radius 2 is 2.17 bits per heavy atom. The van der Waals surface area contributed by atoms with E-state index < -0.39 is 12.0 Å². The topological polar surface area (TPSA) is 76.1 Å². The fourth-order valence-electron chi connectivity index (χ4n) is 2.64. The molecule has 124 valence electrons. The molecule has 23 heavy (non-hydrogen) atoms. The zero-order valence-electron chi connectivity index (χ0n) is 13.3. The highest BCUT2D eigenvalue weighted by molar-refractivity contribution is 5.85. The molecule has 2 rings (SSSR count). The number of carboxylic acids is 1. The first-order valence-corrected chi connectivity index (χ1v) is 7.52. The Bertz CT molecular complexity index is 611. The number of ether oxygens (including phenoxy) is 2. The highest BCUT2D eigenvalue weighted by Gasteiger charge is 2.34. The van der Waals surface area contributed by atoms with Crippen molar-refractivity contribution in [3.63, 3.8) is 0 Å². The third-order valence-corrected chi connectivity index (χ3v) is 3.76. The molecular weight excluding hydrogens is 298 g/mol. The van der Waals surface area contributed by atoms with E-state index in [1.54, 1.807) is 6.07 Å². The lowest BCUT2D eigenvalue weighted by Crippen LogP contribution is -2.42. The fourth-order valence-corrected chi connectivity index (χ4v) is 2.64. The van der Waals surface area contributed by atoms with E-state index in [9.17, 15) is 9.59 Å². The summed E-state index contributed by atoms with van der Waals surface area (Å²) in [5, 5.41) is 9.12. The van der Waals surface area contributed by atoms with Crippen molar-refractivity contribution in [2.24, 2.45) is 0 Å². The van der Waals surface area contributed by atoms with Gasteiger partial charge in [-0.2, -0.15) is 0 Å². The number of aliphatic carboxylic acids is 1. The summed E-state index contributed by atoms with van der Waals surface area (Å²) in [5.41, 5.74) is 0.966. The van der Waals surface area contributed by atoms with Gasteiger partial charge >= 0.3 is 5.97 Å². The molecule has 1 aliphatic rings. The molecule has 1 aliphatic heterocycles. The molecule has 0 saturated carbocycles. The maximum Gasteiger partial charge on any atom is 0.326 e. The smallest absolute Gasteiger partial charge is 0.326 e. The summed E-state index contributed by atoms with van der Waals surface area (Å²) >= 11 is 0. The van der Waals surface area contributed by atoms with Crippen molar-refractivity contribution in [3.8, 4) is 11.5 Å². The molecule has 1 heterocycles. The molecule has 0 aliphatic carbocycles. The number of amides is 1. The van der Waals surface area contributed by atoms with Gasteiger partial charge in [0, 0.05) is 6.54 Å². The molecule has 1 fully saturated rings. The van der Waals surface area contributed by atoms with Crippen molar-refractivity contribution in [1.82, 2.24) is 4.90 Å². The van der Waals surface area contributed by atoms with Crippen LogP contribution in [0.3, 0.4) is 0 Å². The molecule has 1 N–H and O–H groups in total. The van der Waals surface area contributed by atoms with Crippen LogP contribution in [0.1, 0.15) is 25.3 Å². The summed E-state index contributed by atoms with van der Waals surface area (Å²) in [6.07, 6.45) is 5.03. The lowest BCUT2D eigenvalue weighted by atomic mass is 10.2. The molecule has 1 saturated heterocycles. The van der Waals surface area contributed by atoms with E-state index in [0.29, 0.717) is 30.9 Å². The first-order chi connectivity index (χ1) is 11.1. The number of rotatable bonds is 6. The van der Waals surface area contributed by atoms with Gasteiger partial charge < -0.3 is 19.5 Å². The number of likely N-dealkylation sites (tertiary alicyclic amines) is 1. The average molecular weight is 319 g/mol. The van der Waals surface area contributed by atoms with Crippen molar-refractivity contribution < 1.29 is 24.2 Å². The highest BCUT2D eigenvalue weighted by atomic mass is 16.5. The van der Waals surface area contributed by atoms with Gasteiger partial charge in [-0.25, -0.2) is 4.79 Å². The fraction of sp³-hybridized carbons (Fsp3) is 0.412. The van der Waals surface area contributed by atoms with E-state index >= 15 is 0 Å². The summed E-state index contributed by atoms with van der Waals surface area (Å²) in [6.45, 7) is 2.17. The summed E-state index contributed by atoms with van der Waals surface area (Å²) in [7, 11) is 1.53. The maximum atomic E-state index is 12.2. The molecular formula is C17H21NO5. The summed E-state index contributed by atoms with van der Waals surface area (Å²) in [4.78, 5) is 24.7. The molecule has 0 spiro atoms. The minimum atomic E-state index is -0.968. The van der Waals surface area contributed by atoms with Crippen molar-refractivity contribution >= 4 is 18.0 Å². The summed E-state index contributed by atoms with van der Waals surface area (Å²) < 4.78 is 10.8. The number of carboxylic acid groups (broad SMARTS) is 1. The van der Waals surface area contributed by atoms with E-state index in [2.05, 4.69) is 0 Å². The first-order valence-electron chi connectivity index (χ1n) is 7.52. The Kier molecular flexibility index (Phi) is 5.62. The van der Waals surface area contributed by atoms with Crippen LogP contribution >= 0.6 is 0 Å².